The number of nitrogens with zero attached hydrogens (tertiary/aromatic N) is 1. The number of halogens is 2. The van der Waals surface area contributed by atoms with Crippen molar-refractivity contribution < 1.29 is 27.9 Å². The molecule has 1 aliphatic carbocycles. The third-order valence-electron chi connectivity index (χ3n) is 4.47. The van der Waals surface area contributed by atoms with Gasteiger partial charge in [0.2, 0.25) is 5.43 Å². The molecule has 0 aliphatic heterocycles. The lowest BCUT2D eigenvalue weighted by atomic mass is 10.0. The third-order valence-corrected chi connectivity index (χ3v) is 4.47. The standard InChI is InChI=1S/C19H17F2NO5/c1-9(23)5-11(24)6-12-15(20)7-13-17(16(12)21)22(10-3-4-10)8-14(18(13)25)19(26)27-2/h7-8,10H,3-6H2,1-2H3. The van der Waals surface area contributed by atoms with Crippen LogP contribution in [0.5, 0.6) is 0 Å². The first-order valence-electron chi connectivity index (χ1n) is 8.39. The molecule has 0 spiro atoms. The topological polar surface area (TPSA) is 82.4 Å². The van der Waals surface area contributed by atoms with E-state index in [2.05, 4.69) is 4.74 Å². The molecule has 1 aliphatic rings. The molecule has 0 bridgehead atoms. The number of ether oxygens (including phenoxy) is 1. The quantitative estimate of drug-likeness (QED) is 0.571. The van der Waals surface area contributed by atoms with Crippen molar-refractivity contribution in [2.45, 2.75) is 38.6 Å². The Balaban J connectivity index is 2.24. The van der Waals surface area contributed by atoms with Crippen molar-refractivity contribution in [3.63, 3.8) is 0 Å². The molecular weight excluding hydrogens is 360 g/mol. The monoisotopic (exact) mass is 377 g/mol. The minimum atomic E-state index is -1.07. The number of fused-ring (bicyclic) bond motifs is 1. The number of benzene rings is 1. The van der Waals surface area contributed by atoms with E-state index in [4.69, 9.17) is 0 Å². The van der Waals surface area contributed by atoms with Crippen molar-refractivity contribution in [1.82, 2.24) is 4.57 Å². The highest BCUT2D eigenvalue weighted by Crippen LogP contribution is 2.38. The van der Waals surface area contributed by atoms with Crippen LogP contribution in [0.2, 0.25) is 0 Å². The van der Waals surface area contributed by atoms with Crippen LogP contribution in [-0.2, 0) is 20.7 Å². The van der Waals surface area contributed by atoms with Crippen LogP contribution in [0.15, 0.2) is 17.1 Å². The second kappa shape index (κ2) is 7.02. The first kappa shape index (κ1) is 18.9. The number of methoxy groups -OCH3 is 1. The molecule has 1 aromatic carbocycles. The summed E-state index contributed by atoms with van der Waals surface area (Å²) in [5.74, 6) is -4.01. The molecule has 0 radical (unpaired) electrons. The normalized spacial score (nSPS) is 13.6. The molecule has 0 amide bonds. The van der Waals surface area contributed by atoms with Crippen molar-refractivity contribution in [3.05, 3.63) is 45.2 Å². The minimum Gasteiger partial charge on any atom is -0.465 e. The molecule has 0 saturated heterocycles. The zero-order valence-corrected chi connectivity index (χ0v) is 14.8. The third kappa shape index (κ3) is 3.51. The van der Waals surface area contributed by atoms with Gasteiger partial charge in [0.15, 0.2) is 5.82 Å². The highest BCUT2D eigenvalue weighted by molar-refractivity contribution is 5.99. The van der Waals surface area contributed by atoms with Gasteiger partial charge in [-0.1, -0.05) is 0 Å². The molecular formula is C19H17F2NO5. The molecule has 0 N–H and O–H groups in total. The first-order valence-corrected chi connectivity index (χ1v) is 8.39. The molecule has 1 heterocycles. The highest BCUT2D eigenvalue weighted by atomic mass is 19.1. The van der Waals surface area contributed by atoms with Gasteiger partial charge < -0.3 is 9.30 Å². The van der Waals surface area contributed by atoms with E-state index in [9.17, 15) is 23.6 Å². The zero-order chi connectivity index (χ0) is 19.9. The number of esters is 1. The predicted molar refractivity (Wildman–Crippen MR) is 91.7 cm³/mol. The van der Waals surface area contributed by atoms with Gasteiger partial charge in [-0.2, -0.15) is 0 Å². The van der Waals surface area contributed by atoms with Crippen molar-refractivity contribution in [3.8, 4) is 0 Å². The lowest BCUT2D eigenvalue weighted by molar-refractivity contribution is -0.125. The summed E-state index contributed by atoms with van der Waals surface area (Å²) in [6, 6.07) is 0.708. The predicted octanol–water partition coefficient (Wildman–Crippen LogP) is 2.49. The second-order valence-corrected chi connectivity index (χ2v) is 6.64. The summed E-state index contributed by atoms with van der Waals surface area (Å²) in [6.07, 6.45) is 1.64. The van der Waals surface area contributed by atoms with Crippen LogP contribution < -0.4 is 5.43 Å². The Morgan fingerprint density at radius 3 is 2.48 bits per heavy atom. The zero-order valence-electron chi connectivity index (χ0n) is 14.8. The Kier molecular flexibility index (Phi) is 4.91. The van der Waals surface area contributed by atoms with Gasteiger partial charge >= 0.3 is 5.97 Å². The lowest BCUT2D eigenvalue weighted by Crippen LogP contribution is -2.21. The minimum absolute atomic E-state index is 0.128. The molecule has 1 fully saturated rings. The number of rotatable bonds is 6. The number of Topliss-reactive ketones (excluding diaryl/α,β-unsaturated/α-hetero) is 2. The molecule has 0 unspecified atom stereocenters. The van der Waals surface area contributed by atoms with E-state index in [1.807, 2.05) is 0 Å². The number of carbonyl (C=O) groups excluding carboxylic acids is 3. The van der Waals surface area contributed by atoms with Gasteiger partial charge in [-0.15, -0.1) is 0 Å². The number of ketones is 2. The van der Waals surface area contributed by atoms with Crippen LogP contribution in [-0.4, -0.2) is 29.2 Å². The van der Waals surface area contributed by atoms with E-state index in [1.165, 1.54) is 17.7 Å². The van der Waals surface area contributed by atoms with Crippen LogP contribution in [0.25, 0.3) is 10.9 Å². The van der Waals surface area contributed by atoms with Crippen molar-refractivity contribution in [1.29, 1.82) is 0 Å². The van der Waals surface area contributed by atoms with E-state index in [0.29, 0.717) is 12.8 Å². The molecule has 142 valence electrons. The van der Waals surface area contributed by atoms with Crippen molar-refractivity contribution in [2.24, 2.45) is 0 Å². The Morgan fingerprint density at radius 1 is 1.26 bits per heavy atom. The maximum atomic E-state index is 15.1. The first-order chi connectivity index (χ1) is 12.7. The summed E-state index contributed by atoms with van der Waals surface area (Å²) in [6.45, 7) is 1.21. The summed E-state index contributed by atoms with van der Waals surface area (Å²) in [5, 5.41) is -0.289. The molecule has 1 aromatic heterocycles. The number of carbonyl (C=O) groups is 3. The van der Waals surface area contributed by atoms with Crippen molar-refractivity contribution in [2.75, 3.05) is 7.11 Å². The number of hydrogen-bond acceptors (Lipinski definition) is 5. The molecule has 0 atom stereocenters. The van der Waals surface area contributed by atoms with E-state index >= 15 is 4.39 Å². The maximum absolute atomic E-state index is 15.1. The Hall–Kier alpha value is -2.90. The van der Waals surface area contributed by atoms with Gasteiger partial charge in [0.1, 0.15) is 22.9 Å². The van der Waals surface area contributed by atoms with Gasteiger partial charge in [0, 0.05) is 24.2 Å². The Bertz CT molecular complexity index is 1040. The summed E-state index contributed by atoms with van der Waals surface area (Å²) in [7, 11) is 1.11. The summed E-state index contributed by atoms with van der Waals surface area (Å²) in [4.78, 5) is 47.3. The number of hydrogen-bond donors (Lipinski definition) is 0. The van der Waals surface area contributed by atoms with Gasteiger partial charge in [0.05, 0.1) is 24.4 Å². The molecule has 27 heavy (non-hydrogen) atoms. The number of aromatic nitrogens is 1. The van der Waals surface area contributed by atoms with Crippen LogP contribution in [0.4, 0.5) is 8.78 Å². The maximum Gasteiger partial charge on any atom is 0.343 e. The fourth-order valence-electron chi connectivity index (χ4n) is 3.08. The molecule has 2 aromatic rings. The van der Waals surface area contributed by atoms with Crippen molar-refractivity contribution >= 4 is 28.4 Å². The largest absolute Gasteiger partial charge is 0.465 e. The average molecular weight is 377 g/mol. The molecule has 3 rings (SSSR count). The molecule has 1 saturated carbocycles. The van der Waals surface area contributed by atoms with Crippen LogP contribution in [0, 0.1) is 11.6 Å². The summed E-state index contributed by atoms with van der Waals surface area (Å²) < 4.78 is 35.6. The highest BCUT2D eigenvalue weighted by Gasteiger charge is 2.30. The van der Waals surface area contributed by atoms with Gasteiger partial charge in [-0.3, -0.25) is 14.4 Å². The van der Waals surface area contributed by atoms with E-state index < -0.39 is 53.0 Å². The van der Waals surface area contributed by atoms with E-state index in [-0.39, 0.29) is 22.5 Å². The fraction of sp³-hybridized carbons (Fsp3) is 0.368. The fourth-order valence-corrected chi connectivity index (χ4v) is 3.08. The summed E-state index contributed by atoms with van der Waals surface area (Å²) >= 11 is 0. The SMILES string of the molecule is COC(=O)c1cn(C2CC2)c2c(F)c(CC(=O)CC(C)=O)c(F)cc2c1=O. The van der Waals surface area contributed by atoms with Gasteiger partial charge in [0.25, 0.3) is 0 Å². The molecule has 6 nitrogen and oxygen atoms in total. The van der Waals surface area contributed by atoms with Gasteiger partial charge in [-0.05, 0) is 25.8 Å². The summed E-state index contributed by atoms with van der Waals surface area (Å²) in [5.41, 5.74) is -1.79. The number of pyridine rings is 1. The second-order valence-electron chi connectivity index (χ2n) is 6.64. The van der Waals surface area contributed by atoms with Crippen LogP contribution in [0.3, 0.4) is 0 Å². The van der Waals surface area contributed by atoms with Crippen LogP contribution in [0.1, 0.15) is 48.1 Å². The Labute approximate surface area is 152 Å². The van der Waals surface area contributed by atoms with E-state index in [1.54, 1.807) is 0 Å². The molecule has 8 heteroatoms. The lowest BCUT2D eigenvalue weighted by Gasteiger charge is -2.15. The smallest absolute Gasteiger partial charge is 0.343 e. The van der Waals surface area contributed by atoms with Gasteiger partial charge in [-0.25, -0.2) is 13.6 Å². The van der Waals surface area contributed by atoms with Crippen LogP contribution >= 0.6 is 0 Å². The Morgan fingerprint density at radius 2 is 1.93 bits per heavy atom. The average Bonchev–Trinajstić information content (AvgIpc) is 3.43. The van der Waals surface area contributed by atoms with E-state index in [0.717, 1.165) is 13.2 Å².